The molecule has 19 heavy (non-hydrogen) atoms. The van der Waals surface area contributed by atoms with E-state index in [0.29, 0.717) is 5.88 Å². The van der Waals surface area contributed by atoms with Crippen molar-refractivity contribution in [2.75, 3.05) is 0 Å². The van der Waals surface area contributed by atoms with Crippen molar-refractivity contribution >= 4 is 0 Å². The second kappa shape index (κ2) is 5.41. The first-order chi connectivity index (χ1) is 8.99. The third kappa shape index (κ3) is 2.93. The first-order valence-corrected chi connectivity index (χ1v) is 6.45. The molecule has 3 heteroatoms. The molecule has 1 unspecified atom stereocenters. The lowest BCUT2D eigenvalue weighted by Gasteiger charge is -2.15. The van der Waals surface area contributed by atoms with Gasteiger partial charge in [-0.15, -0.1) is 0 Å². The summed E-state index contributed by atoms with van der Waals surface area (Å²) in [5.41, 5.74) is 10.4. The van der Waals surface area contributed by atoms with Crippen LogP contribution in [0.1, 0.15) is 35.2 Å². The smallest absolute Gasteiger partial charge is 0.223 e. The van der Waals surface area contributed by atoms with Crippen molar-refractivity contribution in [1.82, 2.24) is 4.98 Å². The van der Waals surface area contributed by atoms with E-state index in [1.165, 1.54) is 11.1 Å². The fourth-order valence-electron chi connectivity index (χ4n) is 2.05. The van der Waals surface area contributed by atoms with Gasteiger partial charge in [0.1, 0.15) is 5.75 Å². The summed E-state index contributed by atoms with van der Waals surface area (Å²) in [6.45, 7) is 8.13. The Balaban J connectivity index is 2.42. The van der Waals surface area contributed by atoms with E-state index in [-0.39, 0.29) is 6.04 Å². The van der Waals surface area contributed by atoms with Gasteiger partial charge >= 0.3 is 0 Å². The Morgan fingerprint density at radius 1 is 1.21 bits per heavy atom. The largest absolute Gasteiger partial charge is 0.438 e. The molecule has 1 heterocycles. The Kier molecular flexibility index (Phi) is 3.86. The molecule has 2 N–H and O–H groups in total. The topological polar surface area (TPSA) is 48.1 Å². The van der Waals surface area contributed by atoms with Crippen molar-refractivity contribution in [3.63, 3.8) is 0 Å². The van der Waals surface area contributed by atoms with Gasteiger partial charge in [0, 0.05) is 17.8 Å². The molecule has 1 aromatic heterocycles. The second-order valence-electron chi connectivity index (χ2n) is 4.99. The van der Waals surface area contributed by atoms with Crippen LogP contribution in [0, 0.1) is 20.8 Å². The lowest BCUT2D eigenvalue weighted by atomic mass is 10.1. The number of aromatic nitrogens is 1. The lowest BCUT2D eigenvalue weighted by molar-refractivity contribution is 0.448. The number of hydrogen-bond donors (Lipinski definition) is 1. The van der Waals surface area contributed by atoms with Crippen LogP contribution in [0.3, 0.4) is 0 Å². The standard InChI is InChI=1S/C16H20N2O/c1-10-8-11(2)12(3)15(9-10)19-16-14(13(4)17)6-5-7-18-16/h5-9,13H,17H2,1-4H3. The van der Waals surface area contributed by atoms with Crippen molar-refractivity contribution in [3.8, 4) is 11.6 Å². The average Bonchev–Trinajstić information content (AvgIpc) is 2.35. The van der Waals surface area contributed by atoms with Gasteiger partial charge in [0.05, 0.1) is 0 Å². The van der Waals surface area contributed by atoms with E-state index in [2.05, 4.69) is 31.8 Å². The quantitative estimate of drug-likeness (QED) is 0.908. The minimum Gasteiger partial charge on any atom is -0.438 e. The Morgan fingerprint density at radius 2 is 1.95 bits per heavy atom. The summed E-state index contributed by atoms with van der Waals surface area (Å²) < 4.78 is 5.97. The van der Waals surface area contributed by atoms with E-state index >= 15 is 0 Å². The maximum atomic E-state index is 5.97. The van der Waals surface area contributed by atoms with Crippen molar-refractivity contribution in [2.45, 2.75) is 33.7 Å². The average molecular weight is 256 g/mol. The summed E-state index contributed by atoms with van der Waals surface area (Å²) in [6, 6.07) is 7.90. The molecule has 0 saturated carbocycles. The van der Waals surface area contributed by atoms with Crippen LogP contribution < -0.4 is 10.5 Å². The minimum absolute atomic E-state index is 0.102. The van der Waals surface area contributed by atoms with E-state index < -0.39 is 0 Å². The van der Waals surface area contributed by atoms with E-state index in [9.17, 15) is 0 Å². The summed E-state index contributed by atoms with van der Waals surface area (Å²) in [5, 5.41) is 0. The monoisotopic (exact) mass is 256 g/mol. The van der Waals surface area contributed by atoms with Gasteiger partial charge in [-0.05, 0) is 56.5 Å². The molecule has 1 atom stereocenters. The van der Waals surface area contributed by atoms with Crippen LogP contribution in [-0.4, -0.2) is 4.98 Å². The van der Waals surface area contributed by atoms with Crippen molar-refractivity contribution in [3.05, 3.63) is 52.7 Å². The molecule has 0 fully saturated rings. The van der Waals surface area contributed by atoms with Gasteiger partial charge in [0.25, 0.3) is 0 Å². The number of rotatable bonds is 3. The highest BCUT2D eigenvalue weighted by Crippen LogP contribution is 2.30. The van der Waals surface area contributed by atoms with Crippen molar-refractivity contribution in [1.29, 1.82) is 0 Å². The molecule has 0 amide bonds. The number of nitrogens with zero attached hydrogens (tertiary/aromatic N) is 1. The third-order valence-electron chi connectivity index (χ3n) is 3.26. The highest BCUT2D eigenvalue weighted by molar-refractivity contribution is 5.44. The number of pyridine rings is 1. The summed E-state index contributed by atoms with van der Waals surface area (Å²) in [4.78, 5) is 4.29. The van der Waals surface area contributed by atoms with Crippen LogP contribution in [0.2, 0.25) is 0 Å². The summed E-state index contributed by atoms with van der Waals surface area (Å²) in [7, 11) is 0. The SMILES string of the molecule is Cc1cc(C)c(C)c(Oc2ncccc2C(C)N)c1. The Morgan fingerprint density at radius 3 is 2.63 bits per heavy atom. The molecule has 2 aromatic rings. The summed E-state index contributed by atoms with van der Waals surface area (Å²) in [5.74, 6) is 1.43. The minimum atomic E-state index is -0.102. The van der Waals surface area contributed by atoms with E-state index in [0.717, 1.165) is 16.9 Å². The zero-order valence-electron chi connectivity index (χ0n) is 11.9. The molecular weight excluding hydrogens is 236 g/mol. The molecule has 2 rings (SSSR count). The van der Waals surface area contributed by atoms with Crippen LogP contribution in [0.5, 0.6) is 11.6 Å². The Hall–Kier alpha value is -1.87. The molecule has 0 aliphatic carbocycles. The molecule has 1 aromatic carbocycles. The molecule has 0 saturated heterocycles. The predicted molar refractivity (Wildman–Crippen MR) is 77.6 cm³/mol. The van der Waals surface area contributed by atoms with Gasteiger partial charge in [0.2, 0.25) is 5.88 Å². The fraction of sp³-hybridized carbons (Fsp3) is 0.312. The zero-order chi connectivity index (χ0) is 14.0. The number of aryl methyl sites for hydroxylation is 2. The Bertz CT molecular complexity index is 591. The first-order valence-electron chi connectivity index (χ1n) is 6.45. The molecule has 0 aliphatic heterocycles. The number of ether oxygens (including phenoxy) is 1. The van der Waals surface area contributed by atoms with Gasteiger partial charge in [-0.1, -0.05) is 12.1 Å². The number of nitrogens with two attached hydrogens (primary N) is 1. The highest BCUT2D eigenvalue weighted by atomic mass is 16.5. The molecule has 0 bridgehead atoms. The van der Waals surface area contributed by atoms with Gasteiger partial charge in [-0.2, -0.15) is 0 Å². The highest BCUT2D eigenvalue weighted by Gasteiger charge is 2.12. The van der Waals surface area contributed by atoms with Gasteiger partial charge in [-0.3, -0.25) is 0 Å². The molecule has 0 spiro atoms. The molecule has 100 valence electrons. The first kappa shape index (κ1) is 13.6. The van der Waals surface area contributed by atoms with Crippen LogP contribution in [0.25, 0.3) is 0 Å². The van der Waals surface area contributed by atoms with Crippen LogP contribution >= 0.6 is 0 Å². The lowest BCUT2D eigenvalue weighted by Crippen LogP contribution is -2.07. The maximum absolute atomic E-state index is 5.97. The van der Waals surface area contributed by atoms with Crippen molar-refractivity contribution in [2.24, 2.45) is 5.73 Å². The fourth-order valence-corrected chi connectivity index (χ4v) is 2.05. The Labute approximate surface area is 114 Å². The van der Waals surface area contributed by atoms with Crippen LogP contribution in [0.4, 0.5) is 0 Å². The van der Waals surface area contributed by atoms with Gasteiger partial charge in [-0.25, -0.2) is 4.98 Å². The van der Waals surface area contributed by atoms with E-state index in [4.69, 9.17) is 10.5 Å². The summed E-state index contributed by atoms with van der Waals surface area (Å²) in [6.07, 6.45) is 1.72. The molecule has 0 aliphatic rings. The van der Waals surface area contributed by atoms with Crippen molar-refractivity contribution < 1.29 is 4.74 Å². The number of hydrogen-bond acceptors (Lipinski definition) is 3. The van der Waals surface area contributed by atoms with Crippen LogP contribution in [0.15, 0.2) is 30.5 Å². The number of benzene rings is 1. The van der Waals surface area contributed by atoms with Gasteiger partial charge < -0.3 is 10.5 Å². The normalized spacial score (nSPS) is 12.3. The zero-order valence-corrected chi connectivity index (χ0v) is 11.9. The van der Waals surface area contributed by atoms with E-state index in [1.54, 1.807) is 6.20 Å². The molecule has 0 radical (unpaired) electrons. The summed E-state index contributed by atoms with van der Waals surface area (Å²) >= 11 is 0. The second-order valence-corrected chi connectivity index (χ2v) is 4.99. The molecular formula is C16H20N2O. The van der Waals surface area contributed by atoms with E-state index in [1.807, 2.05) is 25.1 Å². The van der Waals surface area contributed by atoms with Gasteiger partial charge in [0.15, 0.2) is 0 Å². The third-order valence-corrected chi connectivity index (χ3v) is 3.26. The van der Waals surface area contributed by atoms with Crippen LogP contribution in [-0.2, 0) is 0 Å². The predicted octanol–water partition coefficient (Wildman–Crippen LogP) is 3.82. The maximum Gasteiger partial charge on any atom is 0.223 e. The molecule has 3 nitrogen and oxygen atoms in total.